The monoisotopic (exact) mass is 232 g/mol. The zero-order valence-corrected chi connectivity index (χ0v) is 10.1. The molecule has 1 aliphatic rings. The van der Waals surface area contributed by atoms with E-state index in [9.17, 15) is 9.90 Å². The summed E-state index contributed by atoms with van der Waals surface area (Å²) in [6, 6.07) is 7.26. The van der Waals surface area contributed by atoms with Crippen LogP contribution in [0.15, 0.2) is 24.3 Å². The molecule has 0 radical (unpaired) electrons. The van der Waals surface area contributed by atoms with E-state index >= 15 is 0 Å². The number of carboxylic acids is 1. The summed E-state index contributed by atoms with van der Waals surface area (Å²) in [6.07, 6.45) is 5.06. The maximum atomic E-state index is 11.0. The second-order valence-corrected chi connectivity index (χ2v) is 4.81. The molecule has 0 spiro atoms. The number of para-hydroxylation sites is 1. The van der Waals surface area contributed by atoms with E-state index in [0.717, 1.165) is 0 Å². The first kappa shape index (κ1) is 12.0. The highest BCUT2D eigenvalue weighted by molar-refractivity contribution is 5.92. The lowest BCUT2D eigenvalue weighted by molar-refractivity contribution is -0.254. The van der Waals surface area contributed by atoms with Crippen molar-refractivity contribution in [2.45, 2.75) is 38.6 Å². The molecule has 1 aliphatic carbocycles. The van der Waals surface area contributed by atoms with E-state index in [-0.39, 0.29) is 5.56 Å². The number of nitrogens with one attached hydrogen (secondary N) is 1. The van der Waals surface area contributed by atoms with Gasteiger partial charge in [0, 0.05) is 17.3 Å². The zero-order chi connectivity index (χ0) is 12.3. The van der Waals surface area contributed by atoms with Gasteiger partial charge >= 0.3 is 0 Å². The fraction of sp³-hybridized carbons (Fsp3) is 0.500. The number of aromatic carboxylic acids is 1. The normalized spacial score (nSPS) is 17.9. The number of carboxylic acid groups (broad SMARTS) is 1. The summed E-state index contributed by atoms with van der Waals surface area (Å²) in [5, 5.41) is 14.3. The van der Waals surface area contributed by atoms with Crippen LogP contribution in [0.1, 0.15) is 43.0 Å². The minimum Gasteiger partial charge on any atom is -0.545 e. The largest absolute Gasteiger partial charge is 0.545 e. The van der Waals surface area contributed by atoms with Crippen LogP contribution in [-0.4, -0.2) is 12.0 Å². The van der Waals surface area contributed by atoms with E-state index in [2.05, 4.69) is 12.2 Å². The van der Waals surface area contributed by atoms with Gasteiger partial charge in [0.05, 0.1) is 5.97 Å². The van der Waals surface area contributed by atoms with Gasteiger partial charge in [-0.2, -0.15) is 0 Å². The number of rotatable bonds is 4. The van der Waals surface area contributed by atoms with Gasteiger partial charge in [0.1, 0.15) is 0 Å². The van der Waals surface area contributed by atoms with Crippen molar-refractivity contribution < 1.29 is 9.90 Å². The lowest BCUT2D eigenvalue weighted by Crippen LogP contribution is -2.28. The van der Waals surface area contributed by atoms with Crippen LogP contribution < -0.4 is 10.4 Å². The van der Waals surface area contributed by atoms with Crippen LogP contribution in [-0.2, 0) is 0 Å². The van der Waals surface area contributed by atoms with Crippen molar-refractivity contribution >= 4 is 11.7 Å². The maximum absolute atomic E-state index is 11.0. The van der Waals surface area contributed by atoms with Gasteiger partial charge in [0.2, 0.25) is 0 Å². The third kappa shape index (κ3) is 2.78. The molecule has 3 heteroatoms. The summed E-state index contributed by atoms with van der Waals surface area (Å²) >= 11 is 0. The Kier molecular flexibility index (Phi) is 3.67. The first-order valence-electron chi connectivity index (χ1n) is 6.25. The first-order valence-corrected chi connectivity index (χ1v) is 6.25. The van der Waals surface area contributed by atoms with Gasteiger partial charge < -0.3 is 15.2 Å². The molecular weight excluding hydrogens is 214 g/mol. The van der Waals surface area contributed by atoms with Crippen molar-refractivity contribution in [2.75, 3.05) is 5.32 Å². The molecule has 1 unspecified atom stereocenters. The molecule has 92 valence electrons. The van der Waals surface area contributed by atoms with Gasteiger partial charge in [0.25, 0.3) is 0 Å². The number of carbonyl (C=O) groups is 1. The van der Waals surface area contributed by atoms with Crippen LogP contribution in [0.2, 0.25) is 0 Å². The smallest absolute Gasteiger partial charge is 0.0736 e. The van der Waals surface area contributed by atoms with Gasteiger partial charge in [-0.1, -0.05) is 31.0 Å². The highest BCUT2D eigenvalue weighted by Crippen LogP contribution is 2.29. The molecule has 1 atom stereocenters. The summed E-state index contributed by atoms with van der Waals surface area (Å²) in [4.78, 5) is 11.0. The van der Waals surface area contributed by atoms with Crippen LogP contribution in [0.3, 0.4) is 0 Å². The second kappa shape index (κ2) is 5.21. The Bertz CT molecular complexity index is 397. The average Bonchev–Trinajstić information content (AvgIpc) is 2.83. The van der Waals surface area contributed by atoms with E-state index in [1.165, 1.54) is 25.7 Å². The minimum atomic E-state index is -1.12. The molecule has 3 nitrogen and oxygen atoms in total. The second-order valence-electron chi connectivity index (χ2n) is 4.81. The molecule has 0 saturated heterocycles. The van der Waals surface area contributed by atoms with Crippen LogP contribution in [0, 0.1) is 5.92 Å². The van der Waals surface area contributed by atoms with Crippen LogP contribution in [0.4, 0.5) is 5.69 Å². The predicted molar refractivity (Wildman–Crippen MR) is 65.8 cm³/mol. The molecule has 1 fully saturated rings. The Morgan fingerprint density at radius 1 is 1.35 bits per heavy atom. The van der Waals surface area contributed by atoms with Gasteiger partial charge in [-0.3, -0.25) is 0 Å². The van der Waals surface area contributed by atoms with E-state index in [4.69, 9.17) is 0 Å². The molecule has 1 aromatic rings. The van der Waals surface area contributed by atoms with Crippen molar-refractivity contribution in [3.05, 3.63) is 29.8 Å². The Balaban J connectivity index is 2.09. The molecule has 1 N–H and O–H groups in total. The van der Waals surface area contributed by atoms with E-state index in [1.807, 2.05) is 6.07 Å². The van der Waals surface area contributed by atoms with Gasteiger partial charge in [0.15, 0.2) is 0 Å². The molecule has 0 bridgehead atoms. The summed E-state index contributed by atoms with van der Waals surface area (Å²) in [7, 11) is 0. The van der Waals surface area contributed by atoms with Crippen LogP contribution in [0.25, 0.3) is 0 Å². The molecule has 0 heterocycles. The quantitative estimate of drug-likeness (QED) is 0.864. The van der Waals surface area contributed by atoms with Crippen molar-refractivity contribution in [1.29, 1.82) is 0 Å². The van der Waals surface area contributed by atoms with Crippen molar-refractivity contribution in [2.24, 2.45) is 5.92 Å². The molecular formula is C14H18NO2-. The third-order valence-electron chi connectivity index (χ3n) is 3.64. The molecule has 17 heavy (non-hydrogen) atoms. The third-order valence-corrected chi connectivity index (χ3v) is 3.64. The standard InChI is InChI=1S/C14H19NO2/c1-10(11-6-2-3-7-11)15-13-9-5-4-8-12(13)14(16)17/h4-5,8-11,15H,2-3,6-7H2,1H3,(H,16,17)/p-1. The maximum Gasteiger partial charge on any atom is 0.0736 e. The highest BCUT2D eigenvalue weighted by Gasteiger charge is 2.21. The molecule has 0 amide bonds. The summed E-state index contributed by atoms with van der Waals surface area (Å²) < 4.78 is 0. The molecule has 0 aliphatic heterocycles. The Labute approximate surface area is 102 Å². The summed E-state index contributed by atoms with van der Waals surface area (Å²) in [6.45, 7) is 2.13. The fourth-order valence-electron chi connectivity index (χ4n) is 2.61. The lowest BCUT2D eigenvalue weighted by atomic mass is 9.99. The number of anilines is 1. The highest BCUT2D eigenvalue weighted by atomic mass is 16.4. The zero-order valence-electron chi connectivity index (χ0n) is 10.1. The first-order chi connectivity index (χ1) is 8.18. The van der Waals surface area contributed by atoms with Crippen molar-refractivity contribution in [3.8, 4) is 0 Å². The molecule has 0 aromatic heterocycles. The Morgan fingerprint density at radius 2 is 2.00 bits per heavy atom. The Hall–Kier alpha value is -1.51. The number of hydrogen-bond donors (Lipinski definition) is 1. The molecule has 1 saturated carbocycles. The van der Waals surface area contributed by atoms with Gasteiger partial charge in [-0.05, 0) is 31.7 Å². The minimum absolute atomic E-state index is 0.248. The van der Waals surface area contributed by atoms with E-state index < -0.39 is 5.97 Å². The van der Waals surface area contributed by atoms with Gasteiger partial charge in [-0.25, -0.2) is 0 Å². The number of hydrogen-bond acceptors (Lipinski definition) is 3. The van der Waals surface area contributed by atoms with Crippen LogP contribution in [0.5, 0.6) is 0 Å². The van der Waals surface area contributed by atoms with Crippen molar-refractivity contribution in [1.82, 2.24) is 0 Å². The molecule has 1 aromatic carbocycles. The molecule has 2 rings (SSSR count). The van der Waals surface area contributed by atoms with Crippen molar-refractivity contribution in [3.63, 3.8) is 0 Å². The number of carbonyl (C=O) groups excluding carboxylic acids is 1. The summed E-state index contributed by atoms with van der Waals surface area (Å²) in [5.74, 6) is -0.462. The summed E-state index contributed by atoms with van der Waals surface area (Å²) in [5.41, 5.74) is 0.921. The topological polar surface area (TPSA) is 52.2 Å². The van der Waals surface area contributed by atoms with E-state index in [0.29, 0.717) is 17.6 Å². The number of benzene rings is 1. The van der Waals surface area contributed by atoms with Crippen LogP contribution >= 0.6 is 0 Å². The van der Waals surface area contributed by atoms with E-state index in [1.54, 1.807) is 18.2 Å². The SMILES string of the molecule is CC(Nc1ccccc1C(=O)[O-])C1CCCC1. The lowest BCUT2D eigenvalue weighted by Gasteiger charge is -2.23. The Morgan fingerprint density at radius 3 is 2.65 bits per heavy atom. The predicted octanol–water partition coefficient (Wildman–Crippen LogP) is 2.04. The van der Waals surface area contributed by atoms with Gasteiger partial charge in [-0.15, -0.1) is 0 Å². The average molecular weight is 232 g/mol. The fourth-order valence-corrected chi connectivity index (χ4v) is 2.61.